The molecule has 3 N–H and O–H groups in total. The zero-order chi connectivity index (χ0) is 37.9. The van der Waals surface area contributed by atoms with Crippen molar-refractivity contribution >= 4 is 46.3 Å². The number of amides is 3. The Labute approximate surface area is 319 Å². The molecule has 6 rings (SSSR count). The first-order chi connectivity index (χ1) is 25.3. The van der Waals surface area contributed by atoms with Crippen LogP contribution < -0.4 is 15.5 Å². The quantitative estimate of drug-likeness (QED) is 0.209. The van der Waals surface area contributed by atoms with Gasteiger partial charge in [0.2, 0.25) is 17.7 Å². The predicted molar refractivity (Wildman–Crippen MR) is 207 cm³/mol. The molecule has 3 amide bonds. The van der Waals surface area contributed by atoms with Gasteiger partial charge < -0.3 is 25.5 Å². The maximum atomic E-state index is 14.1. The van der Waals surface area contributed by atoms with Gasteiger partial charge in [0.25, 0.3) is 0 Å². The Bertz CT molecular complexity index is 1910. The number of likely N-dealkylation sites (tertiary alicyclic amines) is 1. The fourth-order valence-electron chi connectivity index (χ4n) is 6.95. The summed E-state index contributed by atoms with van der Waals surface area (Å²) in [5.41, 5.74) is 7.12. The van der Waals surface area contributed by atoms with Gasteiger partial charge in [-0.2, -0.15) is 5.10 Å². The van der Waals surface area contributed by atoms with Crippen molar-refractivity contribution in [1.29, 1.82) is 0 Å². The Kier molecular flexibility index (Phi) is 11.8. The number of rotatable bonds is 10. The number of β-amino-alcohol motifs (C(OH)–C–C–N with tert-alkyl or cyclic N) is 1. The molecule has 2 aromatic heterocycles. The average Bonchev–Trinajstić information content (AvgIpc) is 3.75. The summed E-state index contributed by atoms with van der Waals surface area (Å²) in [5.74, 6) is -0.973. The second-order valence-electron chi connectivity index (χ2n) is 15.0. The van der Waals surface area contributed by atoms with E-state index in [1.807, 2.05) is 76.5 Å². The van der Waals surface area contributed by atoms with Gasteiger partial charge >= 0.3 is 0 Å². The molecule has 4 atom stereocenters. The van der Waals surface area contributed by atoms with Gasteiger partial charge in [-0.1, -0.05) is 68.8 Å². The van der Waals surface area contributed by atoms with E-state index in [0.717, 1.165) is 51.6 Å². The number of nitrogens with one attached hydrogen (secondary N) is 2. The first-order valence-corrected chi connectivity index (χ1v) is 19.2. The van der Waals surface area contributed by atoms with Crippen LogP contribution in [0.25, 0.3) is 21.6 Å². The number of aliphatic hydroxyl groups excluding tert-OH is 1. The number of aryl methyl sites for hydroxylation is 1. The number of benzene rings is 2. The third kappa shape index (κ3) is 9.21. The normalized spacial score (nSPS) is 19.2. The van der Waals surface area contributed by atoms with Crippen LogP contribution >= 0.6 is 22.9 Å². The molecular weight excluding hydrogens is 712 g/mol. The molecule has 4 aromatic rings. The van der Waals surface area contributed by atoms with Crippen LogP contribution in [0.5, 0.6) is 0 Å². The van der Waals surface area contributed by atoms with E-state index in [4.69, 9.17) is 11.6 Å². The average molecular weight is 759 g/mol. The third-order valence-electron chi connectivity index (χ3n) is 9.99. The van der Waals surface area contributed by atoms with Gasteiger partial charge in [-0.3, -0.25) is 19.3 Å². The molecule has 0 spiro atoms. The molecule has 2 unspecified atom stereocenters. The van der Waals surface area contributed by atoms with Crippen LogP contribution in [0.15, 0.2) is 66.3 Å². The SMILES string of the molecule is Cc1ncsc1-c1ccc(C(C)NC(=O)[C@@H]2C[C@@H](O)CN2C(=O)C(NC(=O)CN2CCN(c3ccc(-c4cnnc(Cl)c4)cc3)CC2)C(C)(C)C)cc1. The molecule has 53 heavy (non-hydrogen) atoms. The Morgan fingerprint density at radius 1 is 0.981 bits per heavy atom. The number of hydrogen-bond acceptors (Lipinski definition) is 10. The minimum absolute atomic E-state index is 0.0206. The van der Waals surface area contributed by atoms with Crippen LogP contribution in [0.4, 0.5) is 5.69 Å². The first kappa shape index (κ1) is 38.3. The molecule has 2 fully saturated rings. The molecule has 2 aromatic carbocycles. The number of carbonyl (C=O) groups excluding carboxylic acids is 3. The highest BCUT2D eigenvalue weighted by Gasteiger charge is 2.44. The second-order valence-corrected chi connectivity index (χ2v) is 16.2. The molecule has 2 aliphatic rings. The lowest BCUT2D eigenvalue weighted by Gasteiger charge is -2.37. The fraction of sp³-hybridized carbons (Fsp3) is 0.436. The van der Waals surface area contributed by atoms with Gasteiger partial charge in [0, 0.05) is 50.4 Å². The Hall–Kier alpha value is -4.43. The summed E-state index contributed by atoms with van der Waals surface area (Å²) in [6.07, 6.45) is 0.961. The number of aliphatic hydroxyl groups is 1. The van der Waals surface area contributed by atoms with E-state index >= 15 is 0 Å². The van der Waals surface area contributed by atoms with Crippen molar-refractivity contribution in [3.05, 3.63) is 82.7 Å². The monoisotopic (exact) mass is 758 g/mol. The molecule has 0 bridgehead atoms. The Morgan fingerprint density at radius 3 is 2.28 bits per heavy atom. The molecule has 14 heteroatoms. The number of hydrogen-bond donors (Lipinski definition) is 3. The maximum Gasteiger partial charge on any atom is 0.246 e. The number of halogens is 1. The molecule has 0 saturated carbocycles. The summed E-state index contributed by atoms with van der Waals surface area (Å²) in [6, 6.07) is 15.9. The van der Waals surface area contributed by atoms with Gasteiger partial charge in [0.1, 0.15) is 12.1 Å². The molecule has 4 heterocycles. The fourth-order valence-corrected chi connectivity index (χ4v) is 7.93. The maximum absolute atomic E-state index is 14.1. The summed E-state index contributed by atoms with van der Waals surface area (Å²) < 4.78 is 0. The summed E-state index contributed by atoms with van der Waals surface area (Å²) in [5, 5.41) is 24.8. The standard InChI is InChI=1S/C39H47ClN8O4S/c1-24(26-6-8-28(9-7-26)35-25(2)41-23-53-35)43-37(51)32-19-31(49)21-48(32)38(52)36(39(3,4)5)44-34(50)22-46-14-16-47(17-15-46)30-12-10-27(11-13-30)29-18-33(40)45-42-20-29/h6-13,18,20,23-24,31-32,36,49H,14-17,19,21-22H2,1-5H3,(H,43,51)(H,44,50)/t24?,31-,32+,36?/m1/s1. The number of carbonyl (C=O) groups is 3. The largest absolute Gasteiger partial charge is 0.391 e. The van der Waals surface area contributed by atoms with Crippen LogP contribution in [0.1, 0.15) is 51.4 Å². The molecule has 0 aliphatic carbocycles. The number of thiazole rings is 1. The van der Waals surface area contributed by atoms with Gasteiger partial charge in [0.15, 0.2) is 5.15 Å². The van der Waals surface area contributed by atoms with E-state index < -0.39 is 23.6 Å². The van der Waals surface area contributed by atoms with Gasteiger partial charge in [0.05, 0.1) is 41.0 Å². The lowest BCUT2D eigenvalue weighted by atomic mass is 9.85. The summed E-state index contributed by atoms with van der Waals surface area (Å²) in [7, 11) is 0. The number of anilines is 1. The lowest BCUT2D eigenvalue weighted by Crippen LogP contribution is -2.59. The van der Waals surface area contributed by atoms with Crippen molar-refractivity contribution in [3.63, 3.8) is 0 Å². The van der Waals surface area contributed by atoms with Crippen LogP contribution in [0.2, 0.25) is 5.15 Å². The van der Waals surface area contributed by atoms with E-state index in [1.165, 1.54) is 4.90 Å². The van der Waals surface area contributed by atoms with Crippen molar-refractivity contribution in [2.45, 2.75) is 65.3 Å². The first-order valence-electron chi connectivity index (χ1n) is 17.9. The van der Waals surface area contributed by atoms with Gasteiger partial charge in [-0.25, -0.2) is 4.98 Å². The lowest BCUT2D eigenvalue weighted by molar-refractivity contribution is -0.144. The number of aromatic nitrogens is 3. The summed E-state index contributed by atoms with van der Waals surface area (Å²) in [4.78, 5) is 52.4. The van der Waals surface area contributed by atoms with E-state index in [1.54, 1.807) is 23.6 Å². The van der Waals surface area contributed by atoms with Gasteiger partial charge in [-0.15, -0.1) is 16.4 Å². The summed E-state index contributed by atoms with van der Waals surface area (Å²) in [6.45, 7) is 12.6. The van der Waals surface area contributed by atoms with Crippen molar-refractivity contribution in [1.82, 2.24) is 35.6 Å². The highest BCUT2D eigenvalue weighted by Crippen LogP contribution is 2.30. The molecule has 2 aliphatic heterocycles. The van der Waals surface area contributed by atoms with Crippen LogP contribution in [-0.2, 0) is 14.4 Å². The van der Waals surface area contributed by atoms with E-state index in [2.05, 4.69) is 47.7 Å². The highest BCUT2D eigenvalue weighted by atomic mass is 35.5. The van der Waals surface area contributed by atoms with E-state index in [9.17, 15) is 19.5 Å². The predicted octanol–water partition coefficient (Wildman–Crippen LogP) is 4.72. The van der Waals surface area contributed by atoms with Crippen molar-refractivity contribution in [3.8, 4) is 21.6 Å². The van der Waals surface area contributed by atoms with E-state index in [-0.39, 0.29) is 43.3 Å². The van der Waals surface area contributed by atoms with Gasteiger partial charge in [-0.05, 0) is 54.2 Å². The molecule has 2 saturated heterocycles. The summed E-state index contributed by atoms with van der Waals surface area (Å²) >= 11 is 7.59. The minimum atomic E-state index is -0.888. The van der Waals surface area contributed by atoms with Crippen LogP contribution in [0.3, 0.4) is 0 Å². The highest BCUT2D eigenvalue weighted by molar-refractivity contribution is 7.13. The van der Waals surface area contributed by atoms with Crippen molar-refractivity contribution in [2.24, 2.45) is 5.41 Å². The molecule has 12 nitrogen and oxygen atoms in total. The Balaban J connectivity index is 1.03. The number of nitrogens with zero attached hydrogens (tertiary/aromatic N) is 6. The number of piperazine rings is 1. The van der Waals surface area contributed by atoms with Crippen molar-refractivity contribution < 1.29 is 19.5 Å². The third-order valence-corrected chi connectivity index (χ3v) is 11.2. The zero-order valence-electron chi connectivity index (χ0n) is 30.8. The molecule has 0 radical (unpaired) electrons. The van der Waals surface area contributed by atoms with Crippen LogP contribution in [-0.4, -0.2) is 105 Å². The molecule has 280 valence electrons. The minimum Gasteiger partial charge on any atom is -0.391 e. The Morgan fingerprint density at radius 2 is 1.66 bits per heavy atom. The van der Waals surface area contributed by atoms with E-state index in [0.29, 0.717) is 18.2 Å². The molecular formula is C39H47ClN8O4S. The van der Waals surface area contributed by atoms with Crippen molar-refractivity contribution in [2.75, 3.05) is 44.2 Å². The second kappa shape index (κ2) is 16.3. The zero-order valence-corrected chi connectivity index (χ0v) is 32.3. The van der Waals surface area contributed by atoms with Crippen LogP contribution in [0, 0.1) is 12.3 Å². The topological polar surface area (TPSA) is 144 Å². The smallest absolute Gasteiger partial charge is 0.246 e.